The Hall–Kier alpha value is -1.93. The van der Waals surface area contributed by atoms with Gasteiger partial charge < -0.3 is 10.6 Å². The van der Waals surface area contributed by atoms with Crippen LogP contribution in [0.15, 0.2) is 29.2 Å². The minimum absolute atomic E-state index is 0.0446. The minimum atomic E-state index is -3.75. The summed E-state index contributed by atoms with van der Waals surface area (Å²) >= 11 is 0. The number of rotatable bonds is 7. The van der Waals surface area contributed by atoms with Crippen LogP contribution in [0.2, 0.25) is 0 Å². The maximum Gasteiger partial charge on any atom is 0.251 e. The Labute approximate surface area is 142 Å². The van der Waals surface area contributed by atoms with Gasteiger partial charge >= 0.3 is 0 Å². The van der Waals surface area contributed by atoms with Gasteiger partial charge in [0.15, 0.2) is 0 Å². The van der Waals surface area contributed by atoms with Crippen molar-refractivity contribution < 1.29 is 18.0 Å². The first-order valence-corrected chi connectivity index (χ1v) is 9.36. The minimum Gasteiger partial charge on any atom is -0.359 e. The van der Waals surface area contributed by atoms with E-state index in [1.807, 2.05) is 0 Å². The summed E-state index contributed by atoms with van der Waals surface area (Å²) in [5.41, 5.74) is 0.322. The first-order chi connectivity index (χ1) is 11.3. The lowest BCUT2D eigenvalue weighted by Gasteiger charge is -2.26. The van der Waals surface area contributed by atoms with E-state index in [1.165, 1.54) is 26.2 Å². The van der Waals surface area contributed by atoms with Crippen LogP contribution in [0.4, 0.5) is 0 Å². The normalized spacial score (nSPS) is 15.0. The number of hydrogen-bond donors (Lipinski definition) is 2. The van der Waals surface area contributed by atoms with Gasteiger partial charge in [-0.1, -0.05) is 6.07 Å². The van der Waals surface area contributed by atoms with Gasteiger partial charge in [0.25, 0.3) is 5.91 Å². The highest BCUT2D eigenvalue weighted by molar-refractivity contribution is 7.89. The molecule has 1 aromatic carbocycles. The lowest BCUT2D eigenvalue weighted by Crippen LogP contribution is -2.39. The number of benzene rings is 1. The lowest BCUT2D eigenvalue weighted by molar-refractivity contribution is -0.120. The van der Waals surface area contributed by atoms with Gasteiger partial charge in [0.1, 0.15) is 0 Å². The van der Waals surface area contributed by atoms with Crippen molar-refractivity contribution in [2.75, 3.05) is 20.6 Å². The largest absolute Gasteiger partial charge is 0.359 e. The van der Waals surface area contributed by atoms with Crippen LogP contribution in [0.3, 0.4) is 0 Å². The number of carbonyl (C=O) groups excluding carboxylic acids is 2. The summed E-state index contributed by atoms with van der Waals surface area (Å²) in [5, 5.41) is 5.34. The quantitative estimate of drug-likeness (QED) is 0.755. The third-order valence-corrected chi connectivity index (χ3v) is 6.03. The van der Waals surface area contributed by atoms with Crippen molar-refractivity contribution in [1.82, 2.24) is 14.9 Å². The van der Waals surface area contributed by atoms with E-state index in [2.05, 4.69) is 10.6 Å². The van der Waals surface area contributed by atoms with E-state index in [0.717, 1.165) is 23.6 Å². The van der Waals surface area contributed by atoms with Crippen LogP contribution in [-0.4, -0.2) is 51.2 Å². The van der Waals surface area contributed by atoms with Crippen molar-refractivity contribution in [3.63, 3.8) is 0 Å². The molecular weight excluding hydrogens is 330 g/mol. The van der Waals surface area contributed by atoms with Crippen molar-refractivity contribution >= 4 is 21.8 Å². The summed E-state index contributed by atoms with van der Waals surface area (Å²) in [7, 11) is -0.829. The van der Waals surface area contributed by atoms with E-state index in [0.29, 0.717) is 5.56 Å². The molecule has 1 saturated carbocycles. The monoisotopic (exact) mass is 353 g/mol. The van der Waals surface area contributed by atoms with Crippen molar-refractivity contribution in [2.45, 2.75) is 36.6 Å². The average molecular weight is 353 g/mol. The molecule has 24 heavy (non-hydrogen) atoms. The lowest BCUT2D eigenvalue weighted by atomic mass is 9.93. The van der Waals surface area contributed by atoms with Gasteiger partial charge in [-0.25, -0.2) is 12.7 Å². The van der Waals surface area contributed by atoms with Gasteiger partial charge in [-0.15, -0.1) is 0 Å². The van der Waals surface area contributed by atoms with Gasteiger partial charge in [0, 0.05) is 38.7 Å². The number of amides is 2. The molecule has 132 valence electrons. The summed E-state index contributed by atoms with van der Waals surface area (Å²) in [6.45, 7) is 0.0699. The summed E-state index contributed by atoms with van der Waals surface area (Å²) < 4.78 is 26.2. The van der Waals surface area contributed by atoms with Gasteiger partial charge in [-0.3, -0.25) is 9.59 Å². The van der Waals surface area contributed by atoms with Crippen LogP contribution < -0.4 is 10.6 Å². The second-order valence-corrected chi connectivity index (χ2v) is 7.92. The third kappa shape index (κ3) is 4.33. The second-order valence-electron chi connectivity index (χ2n) is 5.88. The van der Waals surface area contributed by atoms with E-state index in [9.17, 15) is 18.0 Å². The van der Waals surface area contributed by atoms with Crippen molar-refractivity contribution in [3.05, 3.63) is 29.8 Å². The highest BCUT2D eigenvalue weighted by Gasteiger charge is 2.24. The first-order valence-electron chi connectivity index (χ1n) is 7.92. The molecule has 1 aromatic rings. The summed E-state index contributed by atoms with van der Waals surface area (Å²) in [6, 6.07) is 6.16. The van der Waals surface area contributed by atoms with Crippen LogP contribution in [0.1, 0.15) is 36.0 Å². The second kappa shape index (κ2) is 7.76. The fraction of sp³-hybridized carbons (Fsp3) is 0.500. The summed E-state index contributed by atoms with van der Waals surface area (Å²) in [4.78, 5) is 23.5. The predicted molar refractivity (Wildman–Crippen MR) is 90.0 cm³/mol. The van der Waals surface area contributed by atoms with Crippen molar-refractivity contribution in [2.24, 2.45) is 0 Å². The first kappa shape index (κ1) is 18.4. The molecule has 1 fully saturated rings. The molecule has 2 amide bonds. The molecule has 0 saturated heterocycles. The van der Waals surface area contributed by atoms with Crippen molar-refractivity contribution in [1.29, 1.82) is 0 Å². The molecular formula is C16H23N3O4S. The van der Waals surface area contributed by atoms with Gasteiger partial charge in [-0.05, 0) is 37.5 Å². The molecule has 0 atom stereocenters. The number of carbonyl (C=O) groups is 2. The third-order valence-electron chi connectivity index (χ3n) is 4.18. The van der Waals surface area contributed by atoms with Crippen LogP contribution in [-0.2, 0) is 14.8 Å². The highest BCUT2D eigenvalue weighted by atomic mass is 32.2. The van der Waals surface area contributed by atoms with E-state index in [4.69, 9.17) is 0 Å². The zero-order chi connectivity index (χ0) is 17.7. The molecule has 0 radical (unpaired) electrons. The van der Waals surface area contributed by atoms with E-state index in [-0.39, 0.29) is 35.7 Å². The molecule has 7 nitrogen and oxygen atoms in total. The molecule has 0 aliphatic heterocycles. The van der Waals surface area contributed by atoms with E-state index in [1.54, 1.807) is 12.1 Å². The van der Waals surface area contributed by atoms with E-state index < -0.39 is 10.0 Å². The van der Waals surface area contributed by atoms with Crippen molar-refractivity contribution in [3.8, 4) is 0 Å². The van der Waals surface area contributed by atoms with Crippen LogP contribution in [0.5, 0.6) is 0 Å². The SMILES string of the molecule is CNC(=O)CCN(C)S(=O)(=O)c1cccc(C(=O)NC2CCC2)c1. The van der Waals surface area contributed by atoms with Crippen LogP contribution in [0, 0.1) is 0 Å². The fourth-order valence-corrected chi connectivity index (χ4v) is 3.52. The smallest absolute Gasteiger partial charge is 0.251 e. The molecule has 2 N–H and O–H groups in total. The molecule has 8 heteroatoms. The standard InChI is InChI=1S/C16H23N3O4S/c1-17-15(20)9-10-19(2)24(22,23)14-8-3-5-12(11-14)16(21)18-13-6-4-7-13/h3,5,8,11,13H,4,6-7,9-10H2,1-2H3,(H,17,20)(H,18,21). The average Bonchev–Trinajstić information content (AvgIpc) is 2.55. The number of nitrogens with one attached hydrogen (secondary N) is 2. The Balaban J connectivity index is 2.10. The van der Waals surface area contributed by atoms with Gasteiger partial charge in [0.2, 0.25) is 15.9 Å². The molecule has 2 rings (SSSR count). The number of sulfonamides is 1. The maximum absolute atomic E-state index is 12.6. The molecule has 1 aliphatic carbocycles. The maximum atomic E-state index is 12.6. The fourth-order valence-electron chi connectivity index (χ4n) is 2.30. The van der Waals surface area contributed by atoms with Crippen LogP contribution >= 0.6 is 0 Å². The molecule has 0 heterocycles. The summed E-state index contributed by atoms with van der Waals surface area (Å²) in [6.07, 6.45) is 3.11. The zero-order valence-corrected chi connectivity index (χ0v) is 14.7. The molecule has 0 aromatic heterocycles. The Morgan fingerprint density at radius 1 is 1.29 bits per heavy atom. The predicted octanol–water partition coefficient (Wildman–Crippen LogP) is 0.726. The molecule has 1 aliphatic rings. The highest BCUT2D eigenvalue weighted by Crippen LogP contribution is 2.20. The Morgan fingerprint density at radius 2 is 2.00 bits per heavy atom. The molecule has 0 bridgehead atoms. The zero-order valence-electron chi connectivity index (χ0n) is 13.9. The molecule has 0 spiro atoms. The topological polar surface area (TPSA) is 95.6 Å². The number of hydrogen-bond acceptors (Lipinski definition) is 4. The number of nitrogens with zero attached hydrogens (tertiary/aromatic N) is 1. The van der Waals surface area contributed by atoms with Gasteiger partial charge in [0.05, 0.1) is 4.90 Å². The van der Waals surface area contributed by atoms with E-state index >= 15 is 0 Å². The summed E-state index contributed by atoms with van der Waals surface area (Å²) in [5.74, 6) is -0.490. The van der Waals surface area contributed by atoms with Crippen LogP contribution in [0.25, 0.3) is 0 Å². The van der Waals surface area contributed by atoms with Gasteiger partial charge in [-0.2, -0.15) is 0 Å². The Kier molecular flexibility index (Phi) is 5.95. The Bertz CT molecular complexity index is 714. The molecule has 0 unspecified atom stereocenters. The Morgan fingerprint density at radius 3 is 2.58 bits per heavy atom.